The SMILES string of the molecule is COC(C)c1nnc(CNCC(C)C)s1. The number of hydrogen-bond acceptors (Lipinski definition) is 5. The Bertz CT molecular complexity index is 288. The molecule has 0 bridgehead atoms. The predicted octanol–water partition coefficient (Wildman–Crippen LogP) is 1.99. The molecule has 0 saturated heterocycles. The van der Waals surface area contributed by atoms with Crippen molar-refractivity contribution in [3.63, 3.8) is 0 Å². The first-order chi connectivity index (χ1) is 7.13. The molecule has 1 atom stereocenters. The summed E-state index contributed by atoms with van der Waals surface area (Å²) in [6.07, 6.45) is 0.0429. The van der Waals surface area contributed by atoms with Crippen LogP contribution in [0.4, 0.5) is 0 Å². The van der Waals surface area contributed by atoms with Crippen molar-refractivity contribution in [2.75, 3.05) is 13.7 Å². The molecule has 1 rings (SSSR count). The zero-order chi connectivity index (χ0) is 11.3. The normalized spacial score (nSPS) is 13.4. The quantitative estimate of drug-likeness (QED) is 0.810. The van der Waals surface area contributed by atoms with Crippen molar-refractivity contribution in [2.24, 2.45) is 5.92 Å². The van der Waals surface area contributed by atoms with Crippen molar-refractivity contribution < 1.29 is 4.74 Å². The molecule has 0 aliphatic heterocycles. The number of nitrogens with zero attached hydrogens (tertiary/aromatic N) is 2. The largest absolute Gasteiger partial charge is 0.374 e. The Labute approximate surface area is 95.1 Å². The number of aromatic nitrogens is 2. The van der Waals surface area contributed by atoms with Gasteiger partial charge in [-0.1, -0.05) is 25.2 Å². The van der Waals surface area contributed by atoms with Gasteiger partial charge < -0.3 is 10.1 Å². The summed E-state index contributed by atoms with van der Waals surface area (Å²) in [6, 6.07) is 0. The molecular weight excluding hydrogens is 210 g/mol. The van der Waals surface area contributed by atoms with Crippen LogP contribution in [-0.4, -0.2) is 23.9 Å². The highest BCUT2D eigenvalue weighted by Crippen LogP contribution is 2.19. The van der Waals surface area contributed by atoms with Crippen LogP contribution in [0.3, 0.4) is 0 Å². The lowest BCUT2D eigenvalue weighted by Gasteiger charge is -2.04. The highest BCUT2D eigenvalue weighted by atomic mass is 32.1. The molecule has 1 heterocycles. The van der Waals surface area contributed by atoms with Gasteiger partial charge in [-0.3, -0.25) is 0 Å². The molecule has 5 heteroatoms. The second-order valence-electron chi connectivity index (χ2n) is 3.94. The Balaban J connectivity index is 2.39. The molecule has 0 aliphatic carbocycles. The fourth-order valence-electron chi connectivity index (χ4n) is 1.07. The van der Waals surface area contributed by atoms with Crippen LogP contribution in [-0.2, 0) is 11.3 Å². The standard InChI is InChI=1S/C10H19N3OS/c1-7(2)5-11-6-9-12-13-10(15-9)8(3)14-4/h7-8,11H,5-6H2,1-4H3. The van der Waals surface area contributed by atoms with Crippen molar-refractivity contribution in [1.82, 2.24) is 15.5 Å². The molecule has 0 spiro atoms. The molecule has 0 aliphatic rings. The highest BCUT2D eigenvalue weighted by Gasteiger charge is 2.10. The van der Waals surface area contributed by atoms with Gasteiger partial charge >= 0.3 is 0 Å². The second kappa shape index (κ2) is 6.15. The van der Waals surface area contributed by atoms with Gasteiger partial charge in [-0.15, -0.1) is 10.2 Å². The molecule has 0 fully saturated rings. The summed E-state index contributed by atoms with van der Waals surface area (Å²) in [5.74, 6) is 0.662. The van der Waals surface area contributed by atoms with Crippen molar-refractivity contribution in [3.8, 4) is 0 Å². The Hall–Kier alpha value is -0.520. The van der Waals surface area contributed by atoms with Crippen molar-refractivity contribution >= 4 is 11.3 Å². The van der Waals surface area contributed by atoms with Gasteiger partial charge in [0.15, 0.2) is 0 Å². The molecule has 1 unspecified atom stereocenters. The van der Waals surface area contributed by atoms with E-state index in [9.17, 15) is 0 Å². The van der Waals surface area contributed by atoms with E-state index in [1.165, 1.54) is 0 Å². The first-order valence-electron chi connectivity index (χ1n) is 5.19. The molecule has 0 radical (unpaired) electrons. The van der Waals surface area contributed by atoms with E-state index in [1.807, 2.05) is 6.92 Å². The first-order valence-corrected chi connectivity index (χ1v) is 6.01. The minimum atomic E-state index is 0.0429. The van der Waals surface area contributed by atoms with E-state index in [2.05, 4.69) is 29.4 Å². The summed E-state index contributed by atoms with van der Waals surface area (Å²) >= 11 is 1.61. The first kappa shape index (κ1) is 12.5. The van der Waals surface area contributed by atoms with Crippen LogP contribution in [0.1, 0.15) is 36.9 Å². The minimum Gasteiger partial charge on any atom is -0.374 e. The Morgan fingerprint density at radius 2 is 2.07 bits per heavy atom. The van der Waals surface area contributed by atoms with Gasteiger partial charge in [-0.05, 0) is 19.4 Å². The fraction of sp³-hybridized carbons (Fsp3) is 0.800. The zero-order valence-electron chi connectivity index (χ0n) is 9.78. The van der Waals surface area contributed by atoms with Crippen molar-refractivity contribution in [3.05, 3.63) is 10.0 Å². The molecule has 0 amide bonds. The van der Waals surface area contributed by atoms with Gasteiger partial charge in [-0.2, -0.15) is 0 Å². The number of rotatable bonds is 6. The maximum absolute atomic E-state index is 5.18. The monoisotopic (exact) mass is 229 g/mol. The summed E-state index contributed by atoms with van der Waals surface area (Å²) in [5, 5.41) is 13.5. The Morgan fingerprint density at radius 1 is 1.33 bits per heavy atom. The molecular formula is C10H19N3OS. The second-order valence-corrected chi connectivity index (χ2v) is 5.03. The average Bonchev–Trinajstić information content (AvgIpc) is 2.65. The molecule has 4 nitrogen and oxygen atoms in total. The molecule has 86 valence electrons. The molecule has 1 aromatic rings. The third kappa shape index (κ3) is 4.24. The average molecular weight is 229 g/mol. The molecule has 15 heavy (non-hydrogen) atoms. The minimum absolute atomic E-state index is 0.0429. The number of methoxy groups -OCH3 is 1. The highest BCUT2D eigenvalue weighted by molar-refractivity contribution is 7.11. The summed E-state index contributed by atoms with van der Waals surface area (Å²) in [7, 11) is 1.68. The van der Waals surface area contributed by atoms with Gasteiger partial charge in [0.05, 0.1) is 0 Å². The number of hydrogen-bond donors (Lipinski definition) is 1. The van der Waals surface area contributed by atoms with Crippen molar-refractivity contribution in [2.45, 2.75) is 33.4 Å². The molecule has 1 N–H and O–H groups in total. The van der Waals surface area contributed by atoms with E-state index in [0.29, 0.717) is 5.92 Å². The van der Waals surface area contributed by atoms with Gasteiger partial charge in [0.25, 0.3) is 0 Å². The van der Waals surface area contributed by atoms with E-state index in [-0.39, 0.29) is 6.10 Å². The van der Waals surface area contributed by atoms with Crippen LogP contribution in [0.25, 0.3) is 0 Å². The van der Waals surface area contributed by atoms with E-state index < -0.39 is 0 Å². The molecule has 1 aromatic heterocycles. The third-order valence-electron chi connectivity index (χ3n) is 2.01. The Kier molecular flexibility index (Phi) is 5.14. The van der Waals surface area contributed by atoms with Crippen LogP contribution in [0.15, 0.2) is 0 Å². The van der Waals surface area contributed by atoms with Crippen molar-refractivity contribution in [1.29, 1.82) is 0 Å². The predicted molar refractivity (Wildman–Crippen MR) is 61.9 cm³/mol. The van der Waals surface area contributed by atoms with Crippen LogP contribution in [0, 0.1) is 5.92 Å². The van der Waals surface area contributed by atoms with Gasteiger partial charge in [0, 0.05) is 13.7 Å². The van der Waals surface area contributed by atoms with E-state index in [1.54, 1.807) is 18.4 Å². The van der Waals surface area contributed by atoms with E-state index in [0.717, 1.165) is 23.1 Å². The van der Waals surface area contributed by atoms with Crippen LogP contribution >= 0.6 is 11.3 Å². The van der Waals surface area contributed by atoms with Gasteiger partial charge in [-0.25, -0.2) is 0 Å². The third-order valence-corrected chi connectivity index (χ3v) is 3.10. The topological polar surface area (TPSA) is 47.0 Å². The maximum Gasteiger partial charge on any atom is 0.146 e. The molecule has 0 aromatic carbocycles. The maximum atomic E-state index is 5.18. The lowest BCUT2D eigenvalue weighted by Crippen LogP contribution is -2.18. The summed E-state index contributed by atoms with van der Waals surface area (Å²) in [4.78, 5) is 0. The van der Waals surface area contributed by atoms with Gasteiger partial charge in [0.1, 0.15) is 16.1 Å². The van der Waals surface area contributed by atoms with E-state index >= 15 is 0 Å². The van der Waals surface area contributed by atoms with Crippen LogP contribution in [0.5, 0.6) is 0 Å². The smallest absolute Gasteiger partial charge is 0.146 e. The summed E-state index contributed by atoms with van der Waals surface area (Å²) in [5.41, 5.74) is 0. The Morgan fingerprint density at radius 3 is 2.67 bits per heavy atom. The van der Waals surface area contributed by atoms with E-state index in [4.69, 9.17) is 4.74 Å². The summed E-state index contributed by atoms with van der Waals surface area (Å²) in [6.45, 7) is 8.16. The fourth-order valence-corrected chi connectivity index (χ4v) is 1.91. The number of nitrogens with one attached hydrogen (secondary N) is 1. The summed E-state index contributed by atoms with van der Waals surface area (Å²) < 4.78 is 5.18. The van der Waals surface area contributed by atoms with Gasteiger partial charge in [0.2, 0.25) is 0 Å². The lowest BCUT2D eigenvalue weighted by atomic mass is 10.2. The van der Waals surface area contributed by atoms with Crippen LogP contribution in [0.2, 0.25) is 0 Å². The van der Waals surface area contributed by atoms with Crippen LogP contribution < -0.4 is 5.32 Å². The molecule has 0 saturated carbocycles. The zero-order valence-corrected chi connectivity index (χ0v) is 10.6. The number of ether oxygens (including phenoxy) is 1. The lowest BCUT2D eigenvalue weighted by molar-refractivity contribution is 0.118.